The normalized spacial score (nSPS) is 11.1. The average molecular weight is 398 g/mol. The second kappa shape index (κ2) is 8.81. The van der Waals surface area contributed by atoms with Crippen LogP contribution in [-0.2, 0) is 14.8 Å². The van der Waals surface area contributed by atoms with Crippen LogP contribution in [0.4, 0.5) is 20.2 Å². The molecule has 0 heterocycles. The number of hydrogen-bond donors (Lipinski definition) is 1. The Morgan fingerprint density at radius 3 is 2.33 bits per heavy atom. The Balaban J connectivity index is 2.14. The van der Waals surface area contributed by atoms with E-state index in [2.05, 4.69) is 5.32 Å². The fraction of sp³-hybridized carbons (Fsp3) is 0.278. The zero-order chi connectivity index (χ0) is 20.0. The fourth-order valence-electron chi connectivity index (χ4n) is 2.23. The monoisotopic (exact) mass is 398 g/mol. The first-order valence-electron chi connectivity index (χ1n) is 8.16. The Morgan fingerprint density at radius 1 is 1.11 bits per heavy atom. The molecule has 0 aliphatic heterocycles. The van der Waals surface area contributed by atoms with Gasteiger partial charge in [-0.3, -0.25) is 9.10 Å². The second-order valence-corrected chi connectivity index (χ2v) is 7.70. The minimum absolute atomic E-state index is 0.0238. The molecule has 2 aromatic rings. The molecule has 0 aliphatic rings. The molecule has 9 heteroatoms. The zero-order valence-electron chi connectivity index (χ0n) is 14.9. The highest BCUT2D eigenvalue weighted by Gasteiger charge is 2.21. The van der Waals surface area contributed by atoms with Crippen molar-refractivity contribution in [2.45, 2.75) is 13.3 Å². The van der Waals surface area contributed by atoms with E-state index in [9.17, 15) is 22.0 Å². The van der Waals surface area contributed by atoms with E-state index in [1.165, 1.54) is 18.2 Å². The Labute approximate surface area is 156 Å². The summed E-state index contributed by atoms with van der Waals surface area (Å²) in [6.45, 7) is 1.98. The molecule has 0 spiro atoms. The molecule has 0 aromatic heterocycles. The quantitative estimate of drug-likeness (QED) is 0.741. The number of halogens is 2. The molecule has 1 N–H and O–H groups in total. The van der Waals surface area contributed by atoms with E-state index in [1.807, 2.05) is 6.92 Å². The third-order valence-electron chi connectivity index (χ3n) is 3.49. The van der Waals surface area contributed by atoms with Crippen LogP contribution in [0.3, 0.4) is 0 Å². The number of carbonyl (C=O) groups is 1. The van der Waals surface area contributed by atoms with Gasteiger partial charge in [0.15, 0.2) is 11.6 Å². The molecule has 0 unspecified atom stereocenters. The first-order chi connectivity index (χ1) is 12.7. The van der Waals surface area contributed by atoms with E-state index in [1.54, 1.807) is 12.1 Å². The first kappa shape index (κ1) is 20.6. The number of amides is 1. The van der Waals surface area contributed by atoms with E-state index in [4.69, 9.17) is 4.74 Å². The van der Waals surface area contributed by atoms with Crippen LogP contribution in [0.15, 0.2) is 42.5 Å². The minimum Gasteiger partial charge on any atom is -0.494 e. The van der Waals surface area contributed by atoms with E-state index in [0.717, 1.165) is 29.1 Å². The number of nitrogens with one attached hydrogen (secondary N) is 1. The summed E-state index contributed by atoms with van der Waals surface area (Å²) in [5, 5.41) is 2.35. The lowest BCUT2D eigenvalue weighted by Gasteiger charge is -2.22. The number of ether oxygens (including phenoxy) is 1. The highest BCUT2D eigenvalue weighted by Crippen LogP contribution is 2.22. The van der Waals surface area contributed by atoms with E-state index < -0.39 is 34.1 Å². The second-order valence-electron chi connectivity index (χ2n) is 5.79. The molecule has 0 radical (unpaired) electrons. The van der Waals surface area contributed by atoms with Gasteiger partial charge < -0.3 is 10.1 Å². The number of sulfonamides is 1. The average Bonchev–Trinajstić information content (AvgIpc) is 2.61. The molecule has 0 saturated carbocycles. The van der Waals surface area contributed by atoms with Crippen molar-refractivity contribution >= 4 is 27.3 Å². The number of benzene rings is 2. The summed E-state index contributed by atoms with van der Waals surface area (Å²) in [6, 6.07) is 9.13. The molecule has 0 atom stereocenters. The van der Waals surface area contributed by atoms with Gasteiger partial charge in [-0.15, -0.1) is 0 Å². The van der Waals surface area contributed by atoms with Crippen LogP contribution in [0.5, 0.6) is 5.75 Å². The zero-order valence-corrected chi connectivity index (χ0v) is 15.7. The summed E-state index contributed by atoms with van der Waals surface area (Å²) in [5.74, 6) is -2.27. The molecule has 0 fully saturated rings. The molecule has 1 amide bonds. The Morgan fingerprint density at radius 2 is 1.78 bits per heavy atom. The summed E-state index contributed by atoms with van der Waals surface area (Å²) >= 11 is 0. The van der Waals surface area contributed by atoms with Gasteiger partial charge in [0, 0.05) is 11.8 Å². The minimum atomic E-state index is -3.75. The van der Waals surface area contributed by atoms with Crippen molar-refractivity contribution < 1.29 is 26.7 Å². The third-order valence-corrected chi connectivity index (χ3v) is 4.63. The number of carbonyl (C=O) groups excluding carboxylic acids is 1. The molecular weight excluding hydrogens is 378 g/mol. The lowest BCUT2D eigenvalue weighted by Crippen LogP contribution is -2.37. The predicted octanol–water partition coefficient (Wildman–Crippen LogP) is 3.16. The van der Waals surface area contributed by atoms with Gasteiger partial charge in [0.2, 0.25) is 15.9 Å². The molecule has 27 heavy (non-hydrogen) atoms. The van der Waals surface area contributed by atoms with E-state index >= 15 is 0 Å². The smallest absolute Gasteiger partial charge is 0.245 e. The molecule has 146 valence electrons. The highest BCUT2D eigenvalue weighted by molar-refractivity contribution is 7.92. The highest BCUT2D eigenvalue weighted by atomic mass is 32.2. The van der Waals surface area contributed by atoms with Crippen LogP contribution in [0.25, 0.3) is 0 Å². The van der Waals surface area contributed by atoms with Crippen molar-refractivity contribution in [2.24, 2.45) is 0 Å². The van der Waals surface area contributed by atoms with Crippen LogP contribution < -0.4 is 14.4 Å². The number of nitrogens with zero attached hydrogens (tertiary/aromatic N) is 1. The van der Waals surface area contributed by atoms with Crippen molar-refractivity contribution in [3.63, 3.8) is 0 Å². The standard InChI is InChI=1S/C18H20F2N2O4S/c1-3-10-26-15-7-5-14(6-8-15)22(27(2,24)25)12-18(23)21-13-4-9-16(19)17(20)11-13/h4-9,11H,3,10,12H2,1-2H3,(H,21,23). The summed E-state index contributed by atoms with van der Waals surface area (Å²) in [4.78, 5) is 12.2. The lowest BCUT2D eigenvalue weighted by atomic mass is 10.3. The molecule has 2 rings (SSSR count). The first-order valence-corrected chi connectivity index (χ1v) is 10.0. The number of hydrogen-bond acceptors (Lipinski definition) is 4. The van der Waals surface area contributed by atoms with Crippen LogP contribution in [0, 0.1) is 11.6 Å². The topological polar surface area (TPSA) is 75.7 Å². The van der Waals surface area contributed by atoms with Gasteiger partial charge in [-0.05, 0) is 42.8 Å². The van der Waals surface area contributed by atoms with Crippen molar-refractivity contribution in [2.75, 3.05) is 29.0 Å². The maximum atomic E-state index is 13.2. The Hall–Kier alpha value is -2.68. The Bertz CT molecular complexity index is 902. The summed E-state index contributed by atoms with van der Waals surface area (Å²) in [6.07, 6.45) is 1.81. The number of anilines is 2. The molecule has 6 nitrogen and oxygen atoms in total. The largest absolute Gasteiger partial charge is 0.494 e. The Kier molecular flexibility index (Phi) is 6.73. The summed E-state index contributed by atoms with van der Waals surface area (Å²) in [7, 11) is -3.75. The van der Waals surface area contributed by atoms with Crippen LogP contribution >= 0.6 is 0 Å². The SMILES string of the molecule is CCCOc1ccc(N(CC(=O)Nc2ccc(F)c(F)c2)S(C)(=O)=O)cc1. The summed E-state index contributed by atoms with van der Waals surface area (Å²) in [5.41, 5.74) is 0.303. The van der Waals surface area contributed by atoms with E-state index in [0.29, 0.717) is 12.4 Å². The van der Waals surface area contributed by atoms with Gasteiger partial charge in [0.05, 0.1) is 18.6 Å². The summed E-state index contributed by atoms with van der Waals surface area (Å²) < 4.78 is 56.7. The number of rotatable bonds is 8. The molecule has 0 saturated heterocycles. The van der Waals surface area contributed by atoms with Crippen molar-refractivity contribution in [3.05, 3.63) is 54.1 Å². The fourth-order valence-corrected chi connectivity index (χ4v) is 3.09. The lowest BCUT2D eigenvalue weighted by molar-refractivity contribution is -0.114. The predicted molar refractivity (Wildman–Crippen MR) is 99.4 cm³/mol. The van der Waals surface area contributed by atoms with Gasteiger partial charge in [-0.2, -0.15) is 0 Å². The van der Waals surface area contributed by atoms with Crippen LogP contribution in [0.1, 0.15) is 13.3 Å². The van der Waals surface area contributed by atoms with Crippen molar-refractivity contribution in [3.8, 4) is 5.75 Å². The van der Waals surface area contributed by atoms with E-state index in [-0.39, 0.29) is 11.4 Å². The van der Waals surface area contributed by atoms with Gasteiger partial charge in [-0.1, -0.05) is 6.92 Å². The maximum absolute atomic E-state index is 13.2. The molecule has 2 aromatic carbocycles. The van der Waals surface area contributed by atoms with Crippen LogP contribution in [0.2, 0.25) is 0 Å². The van der Waals surface area contributed by atoms with Crippen molar-refractivity contribution in [1.29, 1.82) is 0 Å². The maximum Gasteiger partial charge on any atom is 0.245 e. The molecule has 0 aliphatic carbocycles. The van der Waals surface area contributed by atoms with Gasteiger partial charge >= 0.3 is 0 Å². The third kappa shape index (κ3) is 5.92. The molecule has 0 bridgehead atoms. The van der Waals surface area contributed by atoms with Gasteiger partial charge in [-0.25, -0.2) is 17.2 Å². The van der Waals surface area contributed by atoms with Crippen LogP contribution in [-0.4, -0.2) is 33.7 Å². The van der Waals surface area contributed by atoms with Gasteiger partial charge in [0.25, 0.3) is 0 Å². The molecular formula is C18H20F2N2O4S. The van der Waals surface area contributed by atoms with Gasteiger partial charge in [0.1, 0.15) is 12.3 Å². The van der Waals surface area contributed by atoms with Crippen molar-refractivity contribution in [1.82, 2.24) is 0 Å².